The van der Waals surface area contributed by atoms with Crippen LogP contribution in [0.5, 0.6) is 0 Å². The van der Waals surface area contributed by atoms with Gasteiger partial charge in [-0.3, -0.25) is 24.6 Å². The monoisotopic (exact) mass is 554 g/mol. The molecule has 10 heteroatoms. The van der Waals surface area contributed by atoms with E-state index in [-0.39, 0.29) is 66.2 Å². The molecule has 0 bridgehead atoms. The standard InChI is InChI=1S/C30H36F2N4O4/c1-19(20-2-6-23(31)7-3-20)36(16-27-33-26-12-15-40-18-25(26)30(39)34-27)28(37)17-35-13-10-22(11-14-35)29(38)21-4-8-24(32)9-5-21/h2-9,19,22,25-27,33H,10-18H2,1H3,(H,34,39)/t19-,25?,26?,27?/m1/s1. The van der Waals surface area contributed by atoms with E-state index in [4.69, 9.17) is 4.74 Å². The summed E-state index contributed by atoms with van der Waals surface area (Å²) in [6.45, 7) is 4.47. The molecule has 4 atom stereocenters. The third-order valence-corrected chi connectivity index (χ3v) is 8.39. The number of carbonyl (C=O) groups is 3. The second kappa shape index (κ2) is 12.5. The smallest absolute Gasteiger partial charge is 0.237 e. The Kier molecular flexibility index (Phi) is 8.87. The van der Waals surface area contributed by atoms with Crippen LogP contribution in [0.1, 0.15) is 48.1 Å². The zero-order valence-electron chi connectivity index (χ0n) is 22.7. The lowest BCUT2D eigenvalue weighted by Crippen LogP contribution is -2.66. The SMILES string of the molecule is C[C@H](c1ccc(F)cc1)N(CC1NC(=O)C2COCCC2N1)C(=O)CN1CCC(C(=O)c2ccc(F)cc2)CC1. The van der Waals surface area contributed by atoms with E-state index in [0.29, 0.717) is 44.7 Å². The van der Waals surface area contributed by atoms with Crippen LogP contribution in [-0.2, 0) is 14.3 Å². The summed E-state index contributed by atoms with van der Waals surface area (Å²) in [4.78, 5) is 43.2. The van der Waals surface area contributed by atoms with Crippen molar-refractivity contribution in [3.63, 3.8) is 0 Å². The van der Waals surface area contributed by atoms with Crippen LogP contribution >= 0.6 is 0 Å². The largest absolute Gasteiger partial charge is 0.381 e. The van der Waals surface area contributed by atoms with Crippen LogP contribution in [0.25, 0.3) is 0 Å². The topological polar surface area (TPSA) is 91.0 Å². The third kappa shape index (κ3) is 6.56. The minimum Gasteiger partial charge on any atom is -0.381 e. The molecule has 3 aliphatic heterocycles. The molecular formula is C30H36F2N4O4. The Labute approximate surface area is 233 Å². The van der Waals surface area contributed by atoms with Gasteiger partial charge in [0.1, 0.15) is 11.6 Å². The third-order valence-electron chi connectivity index (χ3n) is 8.39. The summed E-state index contributed by atoms with van der Waals surface area (Å²) in [5.74, 6) is -1.32. The summed E-state index contributed by atoms with van der Waals surface area (Å²) in [5, 5.41) is 6.49. The molecule has 214 valence electrons. The van der Waals surface area contributed by atoms with Crippen LogP contribution in [0, 0.1) is 23.5 Å². The van der Waals surface area contributed by atoms with Crippen molar-refractivity contribution in [2.24, 2.45) is 11.8 Å². The quantitative estimate of drug-likeness (QED) is 0.488. The van der Waals surface area contributed by atoms with Crippen LogP contribution in [0.3, 0.4) is 0 Å². The van der Waals surface area contributed by atoms with Gasteiger partial charge in [-0.2, -0.15) is 0 Å². The highest BCUT2D eigenvalue weighted by atomic mass is 19.1. The Bertz CT molecular complexity index is 1200. The number of hydrogen-bond acceptors (Lipinski definition) is 6. The molecule has 2 aromatic carbocycles. The number of ether oxygens (including phenoxy) is 1. The number of nitrogens with zero attached hydrogens (tertiary/aromatic N) is 2. The molecule has 40 heavy (non-hydrogen) atoms. The molecule has 3 aliphatic rings. The first-order valence-electron chi connectivity index (χ1n) is 14.0. The number of fused-ring (bicyclic) bond motifs is 1. The van der Waals surface area contributed by atoms with Crippen molar-refractivity contribution in [3.05, 3.63) is 71.3 Å². The van der Waals surface area contributed by atoms with Crippen molar-refractivity contribution in [3.8, 4) is 0 Å². The number of benzene rings is 2. The first-order chi connectivity index (χ1) is 19.3. The molecule has 3 unspecified atom stereocenters. The van der Waals surface area contributed by atoms with E-state index in [2.05, 4.69) is 10.6 Å². The highest BCUT2D eigenvalue weighted by Gasteiger charge is 2.39. The summed E-state index contributed by atoms with van der Waals surface area (Å²) in [6, 6.07) is 11.4. The van der Waals surface area contributed by atoms with Gasteiger partial charge in [-0.1, -0.05) is 12.1 Å². The first-order valence-corrected chi connectivity index (χ1v) is 14.0. The minimum absolute atomic E-state index is 0.00284. The van der Waals surface area contributed by atoms with E-state index in [1.165, 1.54) is 36.4 Å². The fourth-order valence-electron chi connectivity index (χ4n) is 5.95. The predicted octanol–water partition coefficient (Wildman–Crippen LogP) is 2.90. The second-order valence-corrected chi connectivity index (χ2v) is 11.0. The average Bonchev–Trinajstić information content (AvgIpc) is 2.96. The number of halogens is 2. The molecule has 2 amide bonds. The Morgan fingerprint density at radius 2 is 1.68 bits per heavy atom. The van der Waals surface area contributed by atoms with Gasteiger partial charge in [-0.15, -0.1) is 0 Å². The predicted molar refractivity (Wildman–Crippen MR) is 144 cm³/mol. The van der Waals surface area contributed by atoms with Gasteiger partial charge < -0.3 is 15.0 Å². The van der Waals surface area contributed by atoms with Gasteiger partial charge in [-0.05, 0) is 81.2 Å². The fourth-order valence-corrected chi connectivity index (χ4v) is 5.95. The zero-order chi connectivity index (χ0) is 28.2. The Balaban J connectivity index is 1.24. The number of Topliss-reactive ketones (excluding diaryl/α,β-unsaturated/α-hetero) is 1. The second-order valence-electron chi connectivity index (χ2n) is 11.0. The Morgan fingerprint density at radius 3 is 2.35 bits per heavy atom. The van der Waals surface area contributed by atoms with E-state index in [1.807, 2.05) is 11.8 Å². The number of ketones is 1. The van der Waals surface area contributed by atoms with Gasteiger partial charge in [0, 0.05) is 24.1 Å². The van der Waals surface area contributed by atoms with Crippen molar-refractivity contribution in [2.75, 3.05) is 39.4 Å². The highest BCUT2D eigenvalue weighted by molar-refractivity contribution is 5.97. The maximum Gasteiger partial charge on any atom is 0.237 e. The number of likely N-dealkylation sites (tertiary alicyclic amines) is 1. The van der Waals surface area contributed by atoms with Gasteiger partial charge in [0.15, 0.2) is 5.78 Å². The van der Waals surface area contributed by atoms with E-state index in [1.54, 1.807) is 17.0 Å². The van der Waals surface area contributed by atoms with Crippen LogP contribution in [-0.4, -0.2) is 79.0 Å². The van der Waals surface area contributed by atoms with Crippen molar-refractivity contribution >= 4 is 17.6 Å². The first kappa shape index (κ1) is 28.3. The molecule has 0 radical (unpaired) electrons. The maximum absolute atomic E-state index is 13.7. The number of rotatable bonds is 8. The van der Waals surface area contributed by atoms with Crippen molar-refractivity contribution in [1.29, 1.82) is 0 Å². The molecular weight excluding hydrogens is 518 g/mol. The van der Waals surface area contributed by atoms with Crippen molar-refractivity contribution < 1.29 is 27.9 Å². The molecule has 0 saturated carbocycles. The van der Waals surface area contributed by atoms with Crippen LogP contribution < -0.4 is 10.6 Å². The van der Waals surface area contributed by atoms with Crippen molar-refractivity contribution in [2.45, 2.75) is 44.4 Å². The average molecular weight is 555 g/mol. The summed E-state index contributed by atoms with van der Waals surface area (Å²) in [7, 11) is 0. The minimum atomic E-state index is -0.419. The molecule has 2 N–H and O–H groups in total. The molecule has 3 fully saturated rings. The summed E-state index contributed by atoms with van der Waals surface area (Å²) >= 11 is 0. The van der Waals surface area contributed by atoms with Crippen LogP contribution in [0.15, 0.2) is 48.5 Å². The molecule has 3 saturated heterocycles. The molecule has 0 aromatic heterocycles. The van der Waals surface area contributed by atoms with Gasteiger partial charge in [0.25, 0.3) is 0 Å². The van der Waals surface area contributed by atoms with Gasteiger partial charge in [0.05, 0.1) is 37.8 Å². The Hall–Kier alpha value is -3.21. The van der Waals surface area contributed by atoms with Crippen molar-refractivity contribution in [1.82, 2.24) is 20.4 Å². The normalized spacial score (nSPS) is 24.6. The number of nitrogens with one attached hydrogen (secondary N) is 2. The lowest BCUT2D eigenvalue weighted by molar-refractivity contribution is -0.140. The summed E-state index contributed by atoms with van der Waals surface area (Å²) in [6.07, 6.45) is 1.53. The number of carbonyl (C=O) groups excluding carboxylic acids is 3. The van der Waals surface area contributed by atoms with Gasteiger partial charge >= 0.3 is 0 Å². The molecule has 8 nitrogen and oxygen atoms in total. The van der Waals surface area contributed by atoms with E-state index < -0.39 is 6.17 Å². The number of amides is 2. The van der Waals surface area contributed by atoms with Gasteiger partial charge in [0.2, 0.25) is 11.8 Å². The molecule has 5 rings (SSSR count). The maximum atomic E-state index is 13.7. The zero-order valence-corrected chi connectivity index (χ0v) is 22.7. The van der Waals surface area contributed by atoms with Gasteiger partial charge in [-0.25, -0.2) is 8.78 Å². The summed E-state index contributed by atoms with van der Waals surface area (Å²) < 4.78 is 32.3. The summed E-state index contributed by atoms with van der Waals surface area (Å²) in [5.41, 5.74) is 1.30. The lowest BCUT2D eigenvalue weighted by Gasteiger charge is -2.42. The molecule has 0 aliphatic carbocycles. The molecule has 0 spiro atoms. The van der Waals surface area contributed by atoms with E-state index >= 15 is 0 Å². The Morgan fingerprint density at radius 1 is 1.02 bits per heavy atom. The van der Waals surface area contributed by atoms with Crippen LogP contribution in [0.2, 0.25) is 0 Å². The van der Waals surface area contributed by atoms with E-state index in [9.17, 15) is 23.2 Å². The fraction of sp³-hybridized carbons (Fsp3) is 0.500. The van der Waals surface area contributed by atoms with Crippen LogP contribution in [0.4, 0.5) is 8.78 Å². The molecule has 3 heterocycles. The highest BCUT2D eigenvalue weighted by Crippen LogP contribution is 2.26. The lowest BCUT2D eigenvalue weighted by atomic mass is 9.89. The number of piperidine rings is 1. The molecule has 2 aromatic rings. The van der Waals surface area contributed by atoms with E-state index in [0.717, 1.165) is 12.0 Å². The number of hydrogen-bond donors (Lipinski definition) is 2.